The van der Waals surface area contributed by atoms with Gasteiger partial charge in [-0.3, -0.25) is 5.10 Å². The van der Waals surface area contributed by atoms with Gasteiger partial charge in [-0.15, -0.1) is 0 Å². The summed E-state index contributed by atoms with van der Waals surface area (Å²) in [5, 5.41) is 8.37. The maximum Gasteiger partial charge on any atom is 0.200 e. The minimum Gasteiger partial charge on any atom is -0.347 e. The highest BCUT2D eigenvalue weighted by molar-refractivity contribution is 6.35. The molecule has 108 valence electrons. The molecule has 1 heterocycles. The molecule has 20 heavy (non-hydrogen) atoms. The van der Waals surface area contributed by atoms with Crippen molar-refractivity contribution in [1.82, 2.24) is 10.2 Å². The second-order valence-corrected chi connectivity index (χ2v) is 4.92. The van der Waals surface area contributed by atoms with Crippen LogP contribution >= 0.6 is 23.2 Å². The SMILES string of the molecule is CCOC(OCC)c1cc(-c2cc(Cl)ccc2Cl)n[nH]1. The highest BCUT2D eigenvalue weighted by Crippen LogP contribution is 2.31. The molecule has 0 aliphatic carbocycles. The highest BCUT2D eigenvalue weighted by Gasteiger charge is 2.16. The van der Waals surface area contributed by atoms with Crippen molar-refractivity contribution in [3.8, 4) is 11.3 Å². The summed E-state index contributed by atoms with van der Waals surface area (Å²) >= 11 is 12.2. The van der Waals surface area contributed by atoms with Crippen molar-refractivity contribution in [2.24, 2.45) is 0 Å². The zero-order valence-electron chi connectivity index (χ0n) is 11.3. The number of halogens is 2. The van der Waals surface area contributed by atoms with Crippen LogP contribution in [0.4, 0.5) is 0 Å². The van der Waals surface area contributed by atoms with E-state index >= 15 is 0 Å². The van der Waals surface area contributed by atoms with E-state index in [0.29, 0.717) is 29.0 Å². The van der Waals surface area contributed by atoms with Gasteiger partial charge >= 0.3 is 0 Å². The number of ether oxygens (including phenoxy) is 2. The van der Waals surface area contributed by atoms with E-state index in [2.05, 4.69) is 10.2 Å². The number of rotatable bonds is 6. The molecule has 0 bridgehead atoms. The van der Waals surface area contributed by atoms with Crippen molar-refractivity contribution in [1.29, 1.82) is 0 Å². The molecule has 0 unspecified atom stereocenters. The normalized spacial score (nSPS) is 11.2. The molecule has 1 aromatic heterocycles. The number of hydrogen-bond donors (Lipinski definition) is 1. The number of nitrogens with zero attached hydrogens (tertiary/aromatic N) is 1. The zero-order valence-corrected chi connectivity index (χ0v) is 12.8. The predicted molar refractivity (Wildman–Crippen MR) is 80.0 cm³/mol. The van der Waals surface area contributed by atoms with Gasteiger partial charge in [0.25, 0.3) is 0 Å². The van der Waals surface area contributed by atoms with Crippen LogP contribution in [0, 0.1) is 0 Å². The van der Waals surface area contributed by atoms with E-state index in [0.717, 1.165) is 11.3 Å². The predicted octanol–water partition coefficient (Wildman–Crippen LogP) is 4.46. The first-order valence-electron chi connectivity index (χ1n) is 6.39. The molecule has 0 saturated carbocycles. The number of nitrogens with one attached hydrogen (secondary N) is 1. The third-order valence-electron chi connectivity index (χ3n) is 2.69. The fourth-order valence-electron chi connectivity index (χ4n) is 1.82. The van der Waals surface area contributed by atoms with Crippen LogP contribution in [-0.2, 0) is 9.47 Å². The van der Waals surface area contributed by atoms with Crippen molar-refractivity contribution in [2.75, 3.05) is 13.2 Å². The largest absolute Gasteiger partial charge is 0.347 e. The first-order chi connectivity index (χ1) is 9.65. The van der Waals surface area contributed by atoms with Gasteiger partial charge in [-0.2, -0.15) is 5.10 Å². The van der Waals surface area contributed by atoms with E-state index in [1.807, 2.05) is 19.9 Å². The molecule has 2 rings (SSSR count). The lowest BCUT2D eigenvalue weighted by molar-refractivity contribution is -0.142. The Morgan fingerprint density at radius 3 is 2.50 bits per heavy atom. The summed E-state index contributed by atoms with van der Waals surface area (Å²) in [5.74, 6) is 0. The summed E-state index contributed by atoms with van der Waals surface area (Å²) in [6.45, 7) is 4.93. The van der Waals surface area contributed by atoms with E-state index in [1.165, 1.54) is 0 Å². The molecule has 0 atom stereocenters. The number of H-pyrrole nitrogens is 1. The van der Waals surface area contributed by atoms with E-state index in [-0.39, 0.29) is 0 Å². The van der Waals surface area contributed by atoms with Crippen LogP contribution in [0.15, 0.2) is 24.3 Å². The molecule has 0 fully saturated rings. The lowest BCUT2D eigenvalue weighted by Gasteiger charge is -2.14. The molecular formula is C14H16Cl2N2O2. The molecule has 0 spiro atoms. The minimum atomic E-state index is -0.454. The van der Waals surface area contributed by atoms with Gasteiger partial charge in [0.15, 0.2) is 6.29 Å². The van der Waals surface area contributed by atoms with Gasteiger partial charge in [-0.05, 0) is 38.1 Å². The van der Waals surface area contributed by atoms with E-state index in [4.69, 9.17) is 32.7 Å². The fourth-order valence-corrected chi connectivity index (χ4v) is 2.21. The quantitative estimate of drug-likeness (QED) is 0.801. The third-order valence-corrected chi connectivity index (χ3v) is 3.26. The molecular weight excluding hydrogens is 299 g/mol. The van der Waals surface area contributed by atoms with Gasteiger partial charge < -0.3 is 9.47 Å². The maximum absolute atomic E-state index is 6.17. The van der Waals surface area contributed by atoms with Crippen molar-refractivity contribution in [2.45, 2.75) is 20.1 Å². The summed E-state index contributed by atoms with van der Waals surface area (Å²) in [7, 11) is 0. The first-order valence-corrected chi connectivity index (χ1v) is 7.15. The van der Waals surface area contributed by atoms with Crippen LogP contribution in [0.5, 0.6) is 0 Å². The molecule has 0 amide bonds. The molecule has 6 heteroatoms. The maximum atomic E-state index is 6.17. The standard InChI is InChI=1S/C14H16Cl2N2O2/c1-3-19-14(20-4-2)13-8-12(17-18-13)10-7-9(15)5-6-11(10)16/h5-8,14H,3-4H2,1-2H3,(H,17,18). The van der Waals surface area contributed by atoms with Crippen molar-refractivity contribution in [3.05, 3.63) is 40.0 Å². The second kappa shape index (κ2) is 7.09. The smallest absolute Gasteiger partial charge is 0.200 e. The van der Waals surface area contributed by atoms with Crippen LogP contribution in [0.25, 0.3) is 11.3 Å². The molecule has 0 saturated heterocycles. The van der Waals surface area contributed by atoms with Crippen molar-refractivity contribution >= 4 is 23.2 Å². The Labute approximate surface area is 128 Å². The summed E-state index contributed by atoms with van der Waals surface area (Å²) < 4.78 is 11.0. The summed E-state index contributed by atoms with van der Waals surface area (Å²) in [6.07, 6.45) is -0.454. The van der Waals surface area contributed by atoms with Gasteiger partial charge in [0.1, 0.15) is 0 Å². The molecule has 2 aromatic rings. The van der Waals surface area contributed by atoms with Crippen LogP contribution in [0.2, 0.25) is 10.0 Å². The average Bonchev–Trinajstić information content (AvgIpc) is 2.91. The Kier molecular flexibility index (Phi) is 5.43. The van der Waals surface area contributed by atoms with E-state index < -0.39 is 6.29 Å². The van der Waals surface area contributed by atoms with Gasteiger partial charge in [0, 0.05) is 23.8 Å². The van der Waals surface area contributed by atoms with Gasteiger partial charge in [0.05, 0.1) is 16.4 Å². The summed E-state index contributed by atoms with van der Waals surface area (Å²) in [4.78, 5) is 0. The Bertz CT molecular complexity index is 566. The molecule has 4 nitrogen and oxygen atoms in total. The second-order valence-electron chi connectivity index (χ2n) is 4.08. The van der Waals surface area contributed by atoms with Crippen LogP contribution < -0.4 is 0 Å². The van der Waals surface area contributed by atoms with Crippen LogP contribution in [-0.4, -0.2) is 23.4 Å². The summed E-state index contributed by atoms with van der Waals surface area (Å²) in [6, 6.07) is 7.12. The fraction of sp³-hybridized carbons (Fsp3) is 0.357. The molecule has 0 aliphatic heterocycles. The van der Waals surface area contributed by atoms with E-state index in [9.17, 15) is 0 Å². The number of hydrogen-bond acceptors (Lipinski definition) is 3. The third kappa shape index (κ3) is 3.52. The number of aromatic amines is 1. The molecule has 0 aliphatic rings. The van der Waals surface area contributed by atoms with Gasteiger partial charge in [-0.25, -0.2) is 0 Å². The van der Waals surface area contributed by atoms with E-state index in [1.54, 1.807) is 18.2 Å². The molecule has 0 radical (unpaired) electrons. The Balaban J connectivity index is 2.29. The lowest BCUT2D eigenvalue weighted by Crippen LogP contribution is -2.09. The monoisotopic (exact) mass is 314 g/mol. The Morgan fingerprint density at radius 2 is 1.85 bits per heavy atom. The zero-order chi connectivity index (χ0) is 14.5. The van der Waals surface area contributed by atoms with Crippen LogP contribution in [0.3, 0.4) is 0 Å². The average molecular weight is 315 g/mol. The molecule has 1 N–H and O–H groups in total. The van der Waals surface area contributed by atoms with Gasteiger partial charge in [0.2, 0.25) is 0 Å². The van der Waals surface area contributed by atoms with Gasteiger partial charge in [-0.1, -0.05) is 23.2 Å². The van der Waals surface area contributed by atoms with Crippen LogP contribution in [0.1, 0.15) is 25.8 Å². The van der Waals surface area contributed by atoms with Crippen molar-refractivity contribution < 1.29 is 9.47 Å². The number of aromatic nitrogens is 2. The summed E-state index contributed by atoms with van der Waals surface area (Å²) in [5.41, 5.74) is 2.23. The lowest BCUT2D eigenvalue weighted by atomic mass is 10.1. The Hall–Kier alpha value is -1.07. The number of benzene rings is 1. The van der Waals surface area contributed by atoms with Crippen molar-refractivity contribution in [3.63, 3.8) is 0 Å². The Morgan fingerprint density at radius 1 is 1.15 bits per heavy atom. The topological polar surface area (TPSA) is 47.1 Å². The first kappa shape index (κ1) is 15.3. The highest BCUT2D eigenvalue weighted by atomic mass is 35.5. The minimum absolute atomic E-state index is 0.454. The molecule has 1 aromatic carbocycles.